The largest absolute Gasteiger partial charge is 0.468 e. The van der Waals surface area contributed by atoms with Crippen LogP contribution >= 0.6 is 11.3 Å². The lowest BCUT2D eigenvalue weighted by Crippen LogP contribution is -2.42. The molecular formula is C13H18N2O4S. The monoisotopic (exact) mass is 298 g/mol. The van der Waals surface area contributed by atoms with Gasteiger partial charge >= 0.3 is 5.97 Å². The molecule has 0 saturated carbocycles. The van der Waals surface area contributed by atoms with Gasteiger partial charge in [-0.25, -0.2) is 0 Å². The fourth-order valence-electron chi connectivity index (χ4n) is 1.51. The summed E-state index contributed by atoms with van der Waals surface area (Å²) >= 11 is 1.36. The van der Waals surface area contributed by atoms with E-state index in [0.717, 1.165) is 4.88 Å². The van der Waals surface area contributed by atoms with E-state index in [1.54, 1.807) is 13.0 Å². The number of esters is 1. The highest BCUT2D eigenvalue weighted by Gasteiger charge is 2.17. The first kappa shape index (κ1) is 16.2. The maximum absolute atomic E-state index is 11.9. The Morgan fingerprint density at radius 3 is 2.55 bits per heavy atom. The molecule has 0 radical (unpaired) electrons. The molecule has 1 aromatic rings. The zero-order chi connectivity index (χ0) is 15.1. The van der Waals surface area contributed by atoms with E-state index in [0.29, 0.717) is 11.4 Å². The van der Waals surface area contributed by atoms with Crippen LogP contribution in [0.5, 0.6) is 0 Å². The van der Waals surface area contributed by atoms with Crippen molar-refractivity contribution < 1.29 is 19.1 Å². The zero-order valence-corrected chi connectivity index (χ0v) is 12.6. The third-order valence-electron chi connectivity index (χ3n) is 2.65. The number of hydrogen-bond acceptors (Lipinski definition) is 5. The standard InChI is InChI=1S/C13H18N2O4S/c1-4-15(8-12(17)19-3)11(16)7-14-13(18)10-6-5-9(2)20-10/h5-6H,4,7-8H2,1-3H3,(H,14,18). The van der Waals surface area contributed by atoms with Crippen molar-refractivity contribution in [3.8, 4) is 0 Å². The predicted octanol–water partition coefficient (Wildman–Crippen LogP) is 0.808. The van der Waals surface area contributed by atoms with Gasteiger partial charge in [0, 0.05) is 11.4 Å². The molecule has 110 valence electrons. The molecule has 1 N–H and O–H groups in total. The number of rotatable bonds is 6. The van der Waals surface area contributed by atoms with E-state index >= 15 is 0 Å². The number of nitrogens with one attached hydrogen (secondary N) is 1. The van der Waals surface area contributed by atoms with Crippen LogP contribution in [-0.4, -0.2) is 49.4 Å². The van der Waals surface area contributed by atoms with E-state index in [-0.39, 0.29) is 24.9 Å². The first-order chi connectivity index (χ1) is 9.47. The van der Waals surface area contributed by atoms with Gasteiger partial charge in [0.2, 0.25) is 5.91 Å². The van der Waals surface area contributed by atoms with Gasteiger partial charge < -0.3 is 15.0 Å². The lowest BCUT2D eigenvalue weighted by Gasteiger charge is -2.19. The Balaban J connectivity index is 2.49. The molecule has 1 heterocycles. The molecule has 20 heavy (non-hydrogen) atoms. The van der Waals surface area contributed by atoms with E-state index in [1.807, 2.05) is 13.0 Å². The van der Waals surface area contributed by atoms with E-state index < -0.39 is 5.97 Å². The van der Waals surface area contributed by atoms with Gasteiger partial charge in [-0.1, -0.05) is 0 Å². The van der Waals surface area contributed by atoms with E-state index in [4.69, 9.17) is 0 Å². The average molecular weight is 298 g/mol. The molecule has 1 rings (SSSR count). The third kappa shape index (κ3) is 4.65. The molecule has 0 atom stereocenters. The Morgan fingerprint density at radius 2 is 2.05 bits per heavy atom. The molecule has 6 nitrogen and oxygen atoms in total. The number of ether oxygens (including phenoxy) is 1. The van der Waals surface area contributed by atoms with Crippen LogP contribution in [0.3, 0.4) is 0 Å². The third-order valence-corrected chi connectivity index (χ3v) is 3.65. The molecule has 1 aromatic heterocycles. The highest BCUT2D eigenvalue weighted by molar-refractivity contribution is 7.13. The summed E-state index contributed by atoms with van der Waals surface area (Å²) in [4.78, 5) is 37.7. The highest BCUT2D eigenvalue weighted by atomic mass is 32.1. The van der Waals surface area contributed by atoms with Crippen molar-refractivity contribution in [3.05, 3.63) is 21.9 Å². The van der Waals surface area contributed by atoms with Crippen molar-refractivity contribution in [1.29, 1.82) is 0 Å². The molecule has 0 aromatic carbocycles. The molecule has 0 bridgehead atoms. The summed E-state index contributed by atoms with van der Waals surface area (Å²) in [6.07, 6.45) is 0. The maximum atomic E-state index is 11.9. The van der Waals surface area contributed by atoms with Gasteiger partial charge in [0.1, 0.15) is 6.54 Å². The van der Waals surface area contributed by atoms with E-state index in [2.05, 4.69) is 10.1 Å². The van der Waals surface area contributed by atoms with Crippen LogP contribution in [0.1, 0.15) is 21.5 Å². The summed E-state index contributed by atoms with van der Waals surface area (Å²) in [6.45, 7) is 3.79. The molecule has 7 heteroatoms. The van der Waals surface area contributed by atoms with Crippen LogP contribution in [0, 0.1) is 6.92 Å². The normalized spacial score (nSPS) is 9.95. The van der Waals surface area contributed by atoms with Crippen molar-refractivity contribution in [2.75, 3.05) is 26.7 Å². The van der Waals surface area contributed by atoms with Gasteiger partial charge in [-0.2, -0.15) is 0 Å². The number of carbonyl (C=O) groups excluding carboxylic acids is 3. The minimum Gasteiger partial charge on any atom is -0.468 e. The van der Waals surface area contributed by atoms with Crippen molar-refractivity contribution in [2.45, 2.75) is 13.8 Å². The first-order valence-electron chi connectivity index (χ1n) is 6.17. The molecule has 0 aliphatic rings. The van der Waals surface area contributed by atoms with E-state index in [9.17, 15) is 14.4 Å². The smallest absolute Gasteiger partial charge is 0.325 e. The molecule has 0 spiro atoms. The zero-order valence-electron chi connectivity index (χ0n) is 11.8. The molecule has 0 aliphatic carbocycles. The van der Waals surface area contributed by atoms with Gasteiger partial charge in [-0.3, -0.25) is 14.4 Å². The average Bonchev–Trinajstić information content (AvgIpc) is 2.88. The molecule has 0 aliphatic heterocycles. The summed E-state index contributed by atoms with van der Waals surface area (Å²) < 4.78 is 4.51. The number of likely N-dealkylation sites (N-methyl/N-ethyl adjacent to an activating group) is 1. The van der Waals surface area contributed by atoms with Crippen LogP contribution < -0.4 is 5.32 Å². The predicted molar refractivity (Wildman–Crippen MR) is 75.7 cm³/mol. The number of carbonyl (C=O) groups is 3. The number of aryl methyl sites for hydroxylation is 1. The minimum atomic E-state index is -0.486. The van der Waals surface area contributed by atoms with Gasteiger partial charge in [-0.15, -0.1) is 11.3 Å². The second-order valence-electron chi connectivity index (χ2n) is 4.08. The Labute approximate surface area is 121 Å². The fourth-order valence-corrected chi connectivity index (χ4v) is 2.29. The second-order valence-corrected chi connectivity index (χ2v) is 5.36. The fraction of sp³-hybridized carbons (Fsp3) is 0.462. The quantitative estimate of drug-likeness (QED) is 0.789. The summed E-state index contributed by atoms with van der Waals surface area (Å²) in [5, 5.41) is 2.55. The molecule has 0 saturated heterocycles. The highest BCUT2D eigenvalue weighted by Crippen LogP contribution is 2.14. The number of amides is 2. The lowest BCUT2D eigenvalue weighted by atomic mass is 10.4. The maximum Gasteiger partial charge on any atom is 0.325 e. The number of thiophene rings is 1. The summed E-state index contributed by atoms with van der Waals surface area (Å²) in [6, 6.07) is 3.56. The van der Waals surface area contributed by atoms with Crippen LogP contribution in [0.4, 0.5) is 0 Å². The van der Waals surface area contributed by atoms with E-state index in [1.165, 1.54) is 23.3 Å². The number of nitrogens with zero attached hydrogens (tertiary/aromatic N) is 1. The summed E-state index contributed by atoms with van der Waals surface area (Å²) in [5.41, 5.74) is 0. The van der Waals surface area contributed by atoms with Crippen molar-refractivity contribution in [3.63, 3.8) is 0 Å². The Morgan fingerprint density at radius 1 is 1.35 bits per heavy atom. The minimum absolute atomic E-state index is 0.111. The van der Waals surface area contributed by atoms with Crippen molar-refractivity contribution >= 4 is 29.1 Å². The van der Waals surface area contributed by atoms with Crippen LogP contribution in [0.25, 0.3) is 0 Å². The van der Waals surface area contributed by atoms with Crippen LogP contribution in [-0.2, 0) is 14.3 Å². The lowest BCUT2D eigenvalue weighted by molar-refractivity contribution is -0.146. The van der Waals surface area contributed by atoms with Gasteiger partial charge in [0.25, 0.3) is 5.91 Å². The second kappa shape index (κ2) is 7.64. The topological polar surface area (TPSA) is 75.7 Å². The van der Waals surface area contributed by atoms with Gasteiger partial charge in [0.05, 0.1) is 18.5 Å². The van der Waals surface area contributed by atoms with Gasteiger partial charge in [-0.05, 0) is 26.0 Å². The molecule has 0 fully saturated rings. The summed E-state index contributed by atoms with van der Waals surface area (Å²) in [7, 11) is 1.27. The molecule has 2 amide bonds. The van der Waals surface area contributed by atoms with Crippen LogP contribution in [0.2, 0.25) is 0 Å². The number of hydrogen-bond donors (Lipinski definition) is 1. The Bertz CT molecular complexity index is 498. The molecular weight excluding hydrogens is 280 g/mol. The number of methoxy groups -OCH3 is 1. The molecule has 0 unspecified atom stereocenters. The van der Waals surface area contributed by atoms with Crippen LogP contribution in [0.15, 0.2) is 12.1 Å². The van der Waals surface area contributed by atoms with Crippen molar-refractivity contribution in [1.82, 2.24) is 10.2 Å². The SMILES string of the molecule is CCN(CC(=O)OC)C(=O)CNC(=O)c1ccc(C)s1. The first-order valence-corrected chi connectivity index (χ1v) is 6.98. The Kier molecular flexibility index (Phi) is 6.17. The Hall–Kier alpha value is -1.89. The van der Waals surface area contributed by atoms with Crippen molar-refractivity contribution in [2.24, 2.45) is 0 Å². The van der Waals surface area contributed by atoms with Gasteiger partial charge in [0.15, 0.2) is 0 Å². The summed E-state index contributed by atoms with van der Waals surface area (Å²) in [5.74, 6) is -1.09.